The minimum absolute atomic E-state index is 0.0895. The van der Waals surface area contributed by atoms with Crippen molar-refractivity contribution in [3.8, 4) is 11.5 Å². The van der Waals surface area contributed by atoms with Crippen molar-refractivity contribution in [1.29, 1.82) is 0 Å². The summed E-state index contributed by atoms with van der Waals surface area (Å²) in [6.07, 6.45) is 0.624. The van der Waals surface area contributed by atoms with Crippen LogP contribution in [0.1, 0.15) is 30.9 Å². The van der Waals surface area contributed by atoms with Crippen molar-refractivity contribution >= 4 is 0 Å². The monoisotopic (exact) mass is 317 g/mol. The molecule has 0 saturated heterocycles. The molecule has 0 spiro atoms. The lowest BCUT2D eigenvalue weighted by Crippen LogP contribution is -2.17. The summed E-state index contributed by atoms with van der Waals surface area (Å²) >= 11 is 0. The predicted molar refractivity (Wildman–Crippen MR) is 90.7 cm³/mol. The Morgan fingerprint density at radius 1 is 1.04 bits per heavy atom. The molecule has 0 heterocycles. The molecule has 0 radical (unpaired) electrons. The summed E-state index contributed by atoms with van der Waals surface area (Å²) in [4.78, 5) is 0. The highest BCUT2D eigenvalue weighted by Gasteiger charge is 2.17. The first-order valence-corrected chi connectivity index (χ1v) is 8.02. The van der Waals surface area contributed by atoms with Gasteiger partial charge >= 0.3 is 0 Å². The highest BCUT2D eigenvalue weighted by Crippen LogP contribution is 2.30. The third-order valence-corrected chi connectivity index (χ3v) is 3.75. The summed E-state index contributed by atoms with van der Waals surface area (Å²) in [5.41, 5.74) is 7.54. The molecule has 2 aromatic carbocycles. The standard InChI is InChI=1S/C19H24FNO2/c1-3-22-16-10-9-14(19(12-16)23-4-2)11-15(13-21)17-7-5-6-8-18(17)20/h5-10,12,15H,3-4,11,13,21H2,1-2H3. The molecule has 0 saturated carbocycles. The first-order valence-electron chi connectivity index (χ1n) is 8.02. The first-order chi connectivity index (χ1) is 11.2. The van der Waals surface area contributed by atoms with E-state index in [9.17, 15) is 4.39 Å². The van der Waals surface area contributed by atoms with Gasteiger partial charge in [0, 0.05) is 12.0 Å². The Hall–Kier alpha value is -2.07. The van der Waals surface area contributed by atoms with Gasteiger partial charge in [0.05, 0.1) is 13.2 Å². The zero-order valence-corrected chi connectivity index (χ0v) is 13.7. The van der Waals surface area contributed by atoms with E-state index in [0.29, 0.717) is 31.7 Å². The summed E-state index contributed by atoms with van der Waals surface area (Å²) in [5.74, 6) is 1.24. The molecular weight excluding hydrogens is 293 g/mol. The summed E-state index contributed by atoms with van der Waals surface area (Å²) in [6, 6.07) is 12.6. The Morgan fingerprint density at radius 2 is 1.78 bits per heavy atom. The van der Waals surface area contributed by atoms with E-state index in [1.807, 2.05) is 38.1 Å². The van der Waals surface area contributed by atoms with Crippen molar-refractivity contribution in [2.24, 2.45) is 5.73 Å². The Labute approximate surface area is 137 Å². The molecule has 0 bridgehead atoms. The molecule has 3 nitrogen and oxygen atoms in total. The molecule has 0 amide bonds. The van der Waals surface area contributed by atoms with E-state index in [2.05, 4.69) is 0 Å². The van der Waals surface area contributed by atoms with Gasteiger partial charge in [-0.05, 0) is 50.1 Å². The van der Waals surface area contributed by atoms with Gasteiger partial charge in [0.15, 0.2) is 0 Å². The Bertz CT molecular complexity index is 631. The fourth-order valence-electron chi connectivity index (χ4n) is 2.64. The van der Waals surface area contributed by atoms with Crippen molar-refractivity contribution in [1.82, 2.24) is 0 Å². The van der Waals surface area contributed by atoms with E-state index < -0.39 is 0 Å². The number of hydrogen-bond acceptors (Lipinski definition) is 3. The van der Waals surface area contributed by atoms with Gasteiger partial charge in [-0.15, -0.1) is 0 Å². The lowest BCUT2D eigenvalue weighted by atomic mass is 9.91. The first kappa shape index (κ1) is 17.3. The normalized spacial score (nSPS) is 12.0. The van der Waals surface area contributed by atoms with Gasteiger partial charge < -0.3 is 15.2 Å². The molecule has 1 unspecified atom stereocenters. The van der Waals surface area contributed by atoms with Crippen LogP contribution < -0.4 is 15.2 Å². The molecule has 2 N–H and O–H groups in total. The van der Waals surface area contributed by atoms with Crippen molar-refractivity contribution in [2.45, 2.75) is 26.2 Å². The zero-order valence-electron chi connectivity index (χ0n) is 13.7. The summed E-state index contributed by atoms with van der Waals surface area (Å²) < 4.78 is 25.3. The minimum Gasteiger partial charge on any atom is -0.494 e. The molecule has 0 aromatic heterocycles. The van der Waals surface area contributed by atoms with Gasteiger partial charge in [-0.25, -0.2) is 4.39 Å². The highest BCUT2D eigenvalue weighted by molar-refractivity contribution is 5.42. The maximum absolute atomic E-state index is 14.0. The lowest BCUT2D eigenvalue weighted by Gasteiger charge is -2.19. The van der Waals surface area contributed by atoms with Crippen LogP contribution >= 0.6 is 0 Å². The van der Waals surface area contributed by atoms with Crippen LogP contribution in [-0.4, -0.2) is 19.8 Å². The maximum Gasteiger partial charge on any atom is 0.126 e. The van der Waals surface area contributed by atoms with Crippen molar-refractivity contribution in [3.05, 3.63) is 59.4 Å². The summed E-state index contributed by atoms with van der Waals surface area (Å²) in [7, 11) is 0. The predicted octanol–water partition coefficient (Wildman–Crippen LogP) is 3.91. The quantitative estimate of drug-likeness (QED) is 0.803. The lowest BCUT2D eigenvalue weighted by molar-refractivity contribution is 0.320. The van der Waals surface area contributed by atoms with Crippen molar-refractivity contribution in [2.75, 3.05) is 19.8 Å². The van der Waals surface area contributed by atoms with Crippen molar-refractivity contribution in [3.63, 3.8) is 0 Å². The number of hydrogen-bond donors (Lipinski definition) is 1. The van der Waals surface area contributed by atoms with Gasteiger partial charge in [0.25, 0.3) is 0 Å². The van der Waals surface area contributed by atoms with E-state index in [1.54, 1.807) is 12.1 Å². The molecule has 0 aliphatic rings. The maximum atomic E-state index is 14.0. The van der Waals surface area contributed by atoms with Crippen LogP contribution in [0.15, 0.2) is 42.5 Å². The number of halogens is 1. The van der Waals surface area contributed by atoms with Gasteiger partial charge in [-0.3, -0.25) is 0 Å². The second-order valence-electron chi connectivity index (χ2n) is 5.29. The molecule has 0 aliphatic carbocycles. The fraction of sp³-hybridized carbons (Fsp3) is 0.368. The summed E-state index contributed by atoms with van der Waals surface area (Å²) in [6.45, 7) is 5.42. The van der Waals surface area contributed by atoms with Crippen LogP contribution in [0.4, 0.5) is 4.39 Å². The molecule has 23 heavy (non-hydrogen) atoms. The largest absolute Gasteiger partial charge is 0.494 e. The molecule has 124 valence electrons. The van der Waals surface area contributed by atoms with Gasteiger partial charge in [-0.1, -0.05) is 24.3 Å². The topological polar surface area (TPSA) is 44.5 Å². The van der Waals surface area contributed by atoms with Gasteiger partial charge in [-0.2, -0.15) is 0 Å². The third kappa shape index (κ3) is 4.45. The van der Waals surface area contributed by atoms with Gasteiger partial charge in [0.2, 0.25) is 0 Å². The van der Waals surface area contributed by atoms with Crippen LogP contribution in [0.2, 0.25) is 0 Å². The van der Waals surface area contributed by atoms with Crippen LogP contribution in [-0.2, 0) is 6.42 Å². The second-order valence-corrected chi connectivity index (χ2v) is 5.29. The average Bonchev–Trinajstić information content (AvgIpc) is 2.56. The zero-order chi connectivity index (χ0) is 16.7. The molecular formula is C19H24FNO2. The number of rotatable bonds is 8. The highest BCUT2D eigenvalue weighted by atomic mass is 19.1. The van der Waals surface area contributed by atoms with Crippen LogP contribution in [0.3, 0.4) is 0 Å². The molecule has 2 aromatic rings. The molecule has 0 fully saturated rings. The molecule has 2 rings (SSSR count). The Kier molecular flexibility index (Phi) is 6.41. The van der Waals surface area contributed by atoms with E-state index in [1.165, 1.54) is 6.07 Å². The smallest absolute Gasteiger partial charge is 0.126 e. The number of ether oxygens (including phenoxy) is 2. The third-order valence-electron chi connectivity index (χ3n) is 3.75. The average molecular weight is 317 g/mol. The molecule has 4 heteroatoms. The Balaban J connectivity index is 2.27. The minimum atomic E-state index is -0.216. The van der Waals surface area contributed by atoms with Gasteiger partial charge in [0.1, 0.15) is 17.3 Å². The second kappa shape index (κ2) is 8.53. The molecule has 1 atom stereocenters. The SMILES string of the molecule is CCOc1ccc(CC(CN)c2ccccc2F)c(OCC)c1. The van der Waals surface area contributed by atoms with E-state index in [4.69, 9.17) is 15.2 Å². The summed E-state index contributed by atoms with van der Waals surface area (Å²) in [5, 5.41) is 0. The van der Waals surface area contributed by atoms with E-state index in [0.717, 1.165) is 17.1 Å². The van der Waals surface area contributed by atoms with Crippen LogP contribution in [0, 0.1) is 5.82 Å². The fourth-order valence-corrected chi connectivity index (χ4v) is 2.64. The van der Waals surface area contributed by atoms with E-state index in [-0.39, 0.29) is 11.7 Å². The molecule has 0 aliphatic heterocycles. The van der Waals surface area contributed by atoms with Crippen molar-refractivity contribution < 1.29 is 13.9 Å². The Morgan fingerprint density at radius 3 is 2.43 bits per heavy atom. The van der Waals surface area contributed by atoms with E-state index >= 15 is 0 Å². The van der Waals surface area contributed by atoms with Crippen LogP contribution in [0.5, 0.6) is 11.5 Å². The number of benzene rings is 2. The number of nitrogens with two attached hydrogens (primary N) is 1. The van der Waals surface area contributed by atoms with Crippen LogP contribution in [0.25, 0.3) is 0 Å².